The van der Waals surface area contributed by atoms with Crippen LogP contribution < -0.4 is 0 Å². The Morgan fingerprint density at radius 3 is 2.05 bits per heavy atom. The van der Waals surface area contributed by atoms with Gasteiger partial charge in [0.15, 0.2) is 0 Å². The normalized spacial score (nSPS) is 14.5. The molecule has 1 aliphatic carbocycles. The standard InChI is InChI=1S/C31H38N2O7/c1-29(2,3)39-27(36)32(7)31(16-17-31)20-14-12-19(13-15-20)25-22(18-34)24-21(26(35)38-8)10-9-11-23(24)33(25)28(37)40-30(4,5)6/h9-15,34H,16-18H2,1-8H3. The van der Waals surface area contributed by atoms with Crippen molar-refractivity contribution in [2.24, 2.45) is 0 Å². The molecule has 1 aromatic heterocycles. The van der Waals surface area contributed by atoms with Crippen LogP contribution in [0.4, 0.5) is 9.59 Å². The quantitative estimate of drug-likeness (QED) is 0.297. The minimum Gasteiger partial charge on any atom is -0.465 e. The zero-order chi connectivity index (χ0) is 29.6. The predicted octanol–water partition coefficient (Wildman–Crippen LogP) is 6.23. The van der Waals surface area contributed by atoms with E-state index in [0.717, 1.165) is 18.4 Å². The van der Waals surface area contributed by atoms with E-state index in [1.165, 1.54) is 11.7 Å². The number of benzene rings is 2. The summed E-state index contributed by atoms with van der Waals surface area (Å²) in [7, 11) is 3.03. The third-order valence-electron chi connectivity index (χ3n) is 6.96. The van der Waals surface area contributed by atoms with E-state index in [2.05, 4.69) is 0 Å². The number of fused-ring (bicyclic) bond motifs is 1. The number of ether oxygens (including phenoxy) is 3. The number of methoxy groups -OCH3 is 1. The Kier molecular flexibility index (Phi) is 7.49. The van der Waals surface area contributed by atoms with Gasteiger partial charge in [0.2, 0.25) is 0 Å². The second-order valence-corrected chi connectivity index (χ2v) is 12.1. The van der Waals surface area contributed by atoms with E-state index in [-0.39, 0.29) is 5.56 Å². The average Bonchev–Trinajstić information content (AvgIpc) is 3.61. The summed E-state index contributed by atoms with van der Waals surface area (Å²) in [6, 6.07) is 12.5. The van der Waals surface area contributed by atoms with Gasteiger partial charge in [-0.15, -0.1) is 0 Å². The molecule has 1 heterocycles. The number of rotatable bonds is 5. The molecule has 0 aliphatic heterocycles. The molecule has 40 heavy (non-hydrogen) atoms. The topological polar surface area (TPSA) is 107 Å². The highest BCUT2D eigenvalue weighted by Crippen LogP contribution is 2.51. The lowest BCUT2D eigenvalue weighted by Gasteiger charge is -2.31. The molecule has 0 unspecified atom stereocenters. The first-order valence-corrected chi connectivity index (χ1v) is 13.3. The summed E-state index contributed by atoms with van der Waals surface area (Å²) in [5, 5.41) is 11.0. The molecule has 9 heteroatoms. The van der Waals surface area contributed by atoms with Crippen LogP contribution in [0.5, 0.6) is 0 Å². The van der Waals surface area contributed by atoms with Crippen molar-refractivity contribution >= 4 is 29.1 Å². The number of esters is 1. The fraction of sp³-hybridized carbons (Fsp3) is 0.452. The summed E-state index contributed by atoms with van der Waals surface area (Å²) < 4.78 is 17.7. The third-order valence-corrected chi connectivity index (χ3v) is 6.96. The van der Waals surface area contributed by atoms with Crippen molar-refractivity contribution < 1.29 is 33.7 Å². The van der Waals surface area contributed by atoms with Crippen LogP contribution in [-0.2, 0) is 26.4 Å². The molecule has 214 valence electrons. The Balaban J connectivity index is 1.85. The minimum absolute atomic E-state index is 0.236. The summed E-state index contributed by atoms with van der Waals surface area (Å²) in [5.74, 6) is -0.579. The van der Waals surface area contributed by atoms with Gasteiger partial charge in [0.25, 0.3) is 0 Å². The highest BCUT2D eigenvalue weighted by Gasteiger charge is 2.51. The molecule has 1 saturated carbocycles. The summed E-state index contributed by atoms with van der Waals surface area (Å²) in [5.41, 5.74) is 1.19. The van der Waals surface area contributed by atoms with Gasteiger partial charge in [-0.25, -0.2) is 19.0 Å². The number of aliphatic hydroxyl groups excluding tert-OH is 1. The van der Waals surface area contributed by atoms with Gasteiger partial charge in [-0.2, -0.15) is 0 Å². The maximum Gasteiger partial charge on any atom is 0.419 e. The first-order chi connectivity index (χ1) is 18.6. The van der Waals surface area contributed by atoms with Crippen molar-refractivity contribution in [2.75, 3.05) is 14.2 Å². The molecular formula is C31H38N2O7. The Hall–Kier alpha value is -3.85. The van der Waals surface area contributed by atoms with Crippen LogP contribution >= 0.6 is 0 Å². The highest BCUT2D eigenvalue weighted by atomic mass is 16.6. The molecule has 1 N–H and O–H groups in total. The summed E-state index contributed by atoms with van der Waals surface area (Å²) in [4.78, 5) is 40.7. The Bertz CT molecular complexity index is 1450. The average molecular weight is 551 g/mol. The van der Waals surface area contributed by atoms with E-state index in [4.69, 9.17) is 14.2 Å². The smallest absolute Gasteiger partial charge is 0.419 e. The Labute approximate surface area is 234 Å². The van der Waals surface area contributed by atoms with Gasteiger partial charge in [-0.05, 0) is 77.6 Å². The van der Waals surface area contributed by atoms with Crippen molar-refractivity contribution in [3.8, 4) is 11.3 Å². The number of hydrogen-bond donors (Lipinski definition) is 1. The maximum absolute atomic E-state index is 13.5. The molecule has 2 aromatic carbocycles. The lowest BCUT2D eigenvalue weighted by Crippen LogP contribution is -2.40. The van der Waals surface area contributed by atoms with Crippen LogP contribution in [0, 0.1) is 0 Å². The van der Waals surface area contributed by atoms with Gasteiger partial charge in [-0.3, -0.25) is 0 Å². The molecule has 4 rings (SSSR count). The summed E-state index contributed by atoms with van der Waals surface area (Å²) >= 11 is 0. The molecule has 3 aromatic rings. The fourth-order valence-corrected chi connectivity index (χ4v) is 5.03. The highest BCUT2D eigenvalue weighted by molar-refractivity contribution is 6.10. The van der Waals surface area contributed by atoms with E-state index in [1.54, 1.807) is 50.9 Å². The second kappa shape index (κ2) is 10.3. The van der Waals surface area contributed by atoms with Crippen LogP contribution in [0.1, 0.15) is 75.9 Å². The molecule has 0 atom stereocenters. The van der Waals surface area contributed by atoms with Crippen LogP contribution in [0.15, 0.2) is 42.5 Å². The van der Waals surface area contributed by atoms with Gasteiger partial charge < -0.3 is 24.2 Å². The predicted molar refractivity (Wildman–Crippen MR) is 151 cm³/mol. The molecule has 0 saturated heterocycles. The number of carbonyl (C=O) groups excluding carboxylic acids is 3. The lowest BCUT2D eigenvalue weighted by molar-refractivity contribution is 0.0189. The molecule has 0 bridgehead atoms. The van der Waals surface area contributed by atoms with Crippen molar-refractivity contribution in [3.05, 3.63) is 59.2 Å². The van der Waals surface area contributed by atoms with Crippen LogP contribution in [0.2, 0.25) is 0 Å². The van der Waals surface area contributed by atoms with Crippen molar-refractivity contribution in [3.63, 3.8) is 0 Å². The zero-order valence-electron chi connectivity index (χ0n) is 24.5. The van der Waals surface area contributed by atoms with Crippen LogP contribution in [-0.4, -0.2) is 58.1 Å². The third kappa shape index (κ3) is 5.43. The van der Waals surface area contributed by atoms with Gasteiger partial charge in [0, 0.05) is 18.0 Å². The van der Waals surface area contributed by atoms with Gasteiger partial charge in [-0.1, -0.05) is 30.3 Å². The monoisotopic (exact) mass is 550 g/mol. The lowest BCUT2D eigenvalue weighted by atomic mass is 9.98. The molecule has 0 spiro atoms. The summed E-state index contributed by atoms with van der Waals surface area (Å²) in [6.07, 6.45) is 0.564. The van der Waals surface area contributed by atoms with Crippen LogP contribution in [0.25, 0.3) is 22.2 Å². The number of aromatic nitrogens is 1. The van der Waals surface area contributed by atoms with Crippen molar-refractivity contribution in [2.45, 2.75) is 77.7 Å². The molecular weight excluding hydrogens is 512 g/mol. The van der Waals surface area contributed by atoms with Gasteiger partial charge in [0.1, 0.15) is 11.2 Å². The minimum atomic E-state index is -0.779. The molecule has 9 nitrogen and oxygen atoms in total. The van der Waals surface area contributed by atoms with Gasteiger partial charge in [0.05, 0.1) is 36.0 Å². The molecule has 0 radical (unpaired) electrons. The van der Waals surface area contributed by atoms with Crippen molar-refractivity contribution in [1.82, 2.24) is 9.47 Å². The maximum atomic E-state index is 13.5. The number of carbonyl (C=O) groups is 3. The summed E-state index contributed by atoms with van der Waals surface area (Å²) in [6.45, 7) is 10.4. The largest absolute Gasteiger partial charge is 0.465 e. The van der Waals surface area contributed by atoms with Crippen LogP contribution in [0.3, 0.4) is 0 Å². The van der Waals surface area contributed by atoms with Gasteiger partial charge >= 0.3 is 18.2 Å². The van der Waals surface area contributed by atoms with E-state index in [9.17, 15) is 19.5 Å². The first-order valence-electron chi connectivity index (χ1n) is 13.3. The van der Waals surface area contributed by atoms with E-state index in [0.29, 0.717) is 27.7 Å². The first kappa shape index (κ1) is 29.1. The molecule has 1 fully saturated rings. The van der Waals surface area contributed by atoms with E-state index in [1.807, 2.05) is 45.0 Å². The number of amides is 1. The number of hydrogen-bond acceptors (Lipinski definition) is 7. The number of aliphatic hydroxyl groups is 1. The van der Waals surface area contributed by atoms with Crippen molar-refractivity contribution in [1.29, 1.82) is 0 Å². The zero-order valence-corrected chi connectivity index (χ0v) is 24.5. The second-order valence-electron chi connectivity index (χ2n) is 12.1. The van der Waals surface area contributed by atoms with E-state index < -0.39 is 41.5 Å². The number of nitrogens with zero attached hydrogens (tertiary/aromatic N) is 2. The van der Waals surface area contributed by atoms with E-state index >= 15 is 0 Å². The Morgan fingerprint density at radius 2 is 1.55 bits per heavy atom. The SMILES string of the molecule is COC(=O)c1cccc2c1c(CO)c(-c1ccc(C3(N(C)C(=O)OC(C)(C)C)CC3)cc1)n2C(=O)OC(C)(C)C. The molecule has 1 aliphatic rings. The molecule has 1 amide bonds. The Morgan fingerprint density at radius 1 is 0.950 bits per heavy atom. The fourth-order valence-electron chi connectivity index (χ4n) is 5.03.